The lowest BCUT2D eigenvalue weighted by atomic mass is 9.89. The molecule has 6 rings (SSSR count). The first-order valence-electron chi connectivity index (χ1n) is 11.8. The van der Waals surface area contributed by atoms with E-state index in [9.17, 15) is 19.5 Å². The molecule has 3 heterocycles. The third-order valence-electron chi connectivity index (χ3n) is 7.53. The van der Waals surface area contributed by atoms with E-state index in [0.29, 0.717) is 12.8 Å². The Bertz CT molecular complexity index is 1280. The molecule has 2 bridgehead atoms. The van der Waals surface area contributed by atoms with E-state index in [1.807, 2.05) is 36.4 Å². The van der Waals surface area contributed by atoms with Gasteiger partial charge >= 0.3 is 12.1 Å². The summed E-state index contributed by atoms with van der Waals surface area (Å²) in [6, 6.07) is 17.2. The van der Waals surface area contributed by atoms with E-state index in [-0.39, 0.29) is 36.1 Å². The fourth-order valence-electron chi connectivity index (χ4n) is 6.01. The lowest BCUT2D eigenvalue weighted by Gasteiger charge is -2.22. The van der Waals surface area contributed by atoms with E-state index in [0.717, 1.165) is 28.7 Å². The van der Waals surface area contributed by atoms with E-state index in [4.69, 9.17) is 9.15 Å². The van der Waals surface area contributed by atoms with E-state index in [1.165, 1.54) is 12.3 Å². The maximum atomic E-state index is 13.2. The van der Waals surface area contributed by atoms with Crippen LogP contribution in [0.25, 0.3) is 11.1 Å². The number of furan rings is 1. The first-order chi connectivity index (χ1) is 17.0. The summed E-state index contributed by atoms with van der Waals surface area (Å²) in [6.45, 7) is 0.150. The molecule has 2 amide bonds. The molecule has 3 aromatic rings. The van der Waals surface area contributed by atoms with Gasteiger partial charge in [-0.05, 0) is 41.5 Å². The summed E-state index contributed by atoms with van der Waals surface area (Å²) >= 11 is 0. The summed E-state index contributed by atoms with van der Waals surface area (Å²) in [4.78, 5) is 39.1. The first-order valence-corrected chi connectivity index (χ1v) is 11.8. The molecule has 8 heteroatoms. The second kappa shape index (κ2) is 8.30. The maximum absolute atomic E-state index is 13.2. The fraction of sp³-hybridized carbons (Fsp3) is 0.296. The number of carbonyl (C=O) groups excluding carboxylic acids is 2. The van der Waals surface area contributed by atoms with Crippen LogP contribution in [0, 0.1) is 5.92 Å². The van der Waals surface area contributed by atoms with Crippen LogP contribution >= 0.6 is 0 Å². The third kappa shape index (κ3) is 3.48. The molecule has 35 heavy (non-hydrogen) atoms. The Balaban J connectivity index is 1.15. The van der Waals surface area contributed by atoms with Crippen LogP contribution in [0.1, 0.15) is 46.9 Å². The number of benzene rings is 2. The van der Waals surface area contributed by atoms with Crippen LogP contribution in [0.4, 0.5) is 10.5 Å². The van der Waals surface area contributed by atoms with Crippen molar-refractivity contribution in [2.75, 3.05) is 11.9 Å². The normalized spacial score (nSPS) is 22.1. The Hall–Kier alpha value is -4.07. The van der Waals surface area contributed by atoms with Gasteiger partial charge in [0.15, 0.2) is 0 Å². The van der Waals surface area contributed by atoms with Gasteiger partial charge in [-0.25, -0.2) is 4.79 Å². The number of anilines is 1. The maximum Gasteiger partial charge on any atom is 0.411 e. The standard InChI is InChI=1S/C27H24N2O6/c30-25(29-15-9-10-23(29)20(13-15)26(31)32)24-22(11-12-34-24)28-27(33)35-14-21-18-7-3-1-5-16(18)17-6-2-4-8-19(17)21/h1-8,11-12,15,20-21,23H,9-10,13-14H2,(H,28,33)(H,31,32)/t15-,20+,23+/m1/s1. The lowest BCUT2D eigenvalue weighted by molar-refractivity contribution is -0.142. The minimum Gasteiger partial charge on any atom is -0.481 e. The number of rotatable bonds is 5. The van der Waals surface area contributed by atoms with Crippen LogP contribution < -0.4 is 5.32 Å². The number of carbonyl (C=O) groups is 3. The van der Waals surface area contributed by atoms with Crippen LogP contribution in [0.5, 0.6) is 0 Å². The Morgan fingerprint density at radius 1 is 1.00 bits per heavy atom. The molecule has 2 fully saturated rings. The minimum atomic E-state index is -0.883. The van der Waals surface area contributed by atoms with Crippen molar-refractivity contribution in [3.63, 3.8) is 0 Å². The molecular formula is C27H24N2O6. The summed E-state index contributed by atoms with van der Waals surface area (Å²) in [6.07, 6.45) is 2.52. The zero-order chi connectivity index (χ0) is 24.1. The van der Waals surface area contributed by atoms with Gasteiger partial charge < -0.3 is 19.2 Å². The van der Waals surface area contributed by atoms with Crippen molar-refractivity contribution >= 4 is 23.7 Å². The molecule has 2 saturated heterocycles. The highest BCUT2D eigenvalue weighted by molar-refractivity contribution is 6.01. The van der Waals surface area contributed by atoms with Crippen molar-refractivity contribution < 1.29 is 28.6 Å². The number of nitrogens with one attached hydrogen (secondary N) is 1. The molecule has 2 aromatic carbocycles. The number of fused-ring (bicyclic) bond motifs is 5. The zero-order valence-corrected chi connectivity index (χ0v) is 18.8. The van der Waals surface area contributed by atoms with Crippen LogP contribution in [-0.4, -0.2) is 46.7 Å². The molecule has 3 atom stereocenters. The molecule has 1 aromatic heterocycles. The number of ether oxygens (including phenoxy) is 1. The van der Waals surface area contributed by atoms with Gasteiger partial charge in [-0.2, -0.15) is 0 Å². The topological polar surface area (TPSA) is 109 Å². The van der Waals surface area contributed by atoms with Gasteiger partial charge in [-0.15, -0.1) is 0 Å². The second-order valence-corrected chi connectivity index (χ2v) is 9.31. The summed E-state index contributed by atoms with van der Waals surface area (Å²) < 4.78 is 11.0. The van der Waals surface area contributed by atoms with Gasteiger partial charge in [0.2, 0.25) is 5.76 Å². The largest absolute Gasteiger partial charge is 0.481 e. The Kier molecular flexibility index (Phi) is 5.09. The SMILES string of the molecule is O=C(Nc1ccoc1C(=O)N1[C@@H]2CC[C@H]1[C@@H](C(=O)O)C2)OCC1c2ccccc2-c2ccccc21. The van der Waals surface area contributed by atoms with Crippen molar-refractivity contribution in [1.29, 1.82) is 0 Å². The second-order valence-electron chi connectivity index (χ2n) is 9.31. The minimum absolute atomic E-state index is 0.0125. The van der Waals surface area contributed by atoms with Crippen LogP contribution in [0.15, 0.2) is 65.3 Å². The van der Waals surface area contributed by atoms with E-state index in [1.54, 1.807) is 4.90 Å². The van der Waals surface area contributed by atoms with Gasteiger partial charge in [0.25, 0.3) is 5.91 Å². The zero-order valence-electron chi connectivity index (χ0n) is 18.8. The molecular weight excluding hydrogens is 448 g/mol. The lowest BCUT2D eigenvalue weighted by Crippen LogP contribution is -2.38. The van der Waals surface area contributed by atoms with Crippen molar-refractivity contribution in [3.8, 4) is 11.1 Å². The van der Waals surface area contributed by atoms with Gasteiger partial charge in [0, 0.05) is 24.1 Å². The number of hydrogen-bond donors (Lipinski definition) is 2. The molecule has 8 nitrogen and oxygen atoms in total. The smallest absolute Gasteiger partial charge is 0.411 e. The van der Waals surface area contributed by atoms with Crippen molar-refractivity contribution in [3.05, 3.63) is 77.7 Å². The Morgan fingerprint density at radius 3 is 2.34 bits per heavy atom. The van der Waals surface area contributed by atoms with Crippen LogP contribution in [0.2, 0.25) is 0 Å². The summed E-state index contributed by atoms with van der Waals surface area (Å²) in [5.41, 5.74) is 4.71. The third-order valence-corrected chi connectivity index (χ3v) is 7.53. The predicted molar refractivity (Wildman–Crippen MR) is 126 cm³/mol. The molecule has 0 radical (unpaired) electrons. The molecule has 2 N–H and O–H groups in total. The predicted octanol–water partition coefficient (Wildman–Crippen LogP) is 4.72. The average Bonchev–Trinajstić information content (AvgIpc) is 3.64. The van der Waals surface area contributed by atoms with E-state index in [2.05, 4.69) is 17.4 Å². The number of hydrogen-bond acceptors (Lipinski definition) is 5. The van der Waals surface area contributed by atoms with Crippen LogP contribution in [-0.2, 0) is 9.53 Å². The number of carboxylic acid groups (broad SMARTS) is 1. The van der Waals surface area contributed by atoms with Crippen molar-refractivity contribution in [1.82, 2.24) is 4.90 Å². The molecule has 3 aliphatic rings. The molecule has 2 aliphatic heterocycles. The highest BCUT2D eigenvalue weighted by Crippen LogP contribution is 2.45. The molecule has 178 valence electrons. The average molecular weight is 472 g/mol. The van der Waals surface area contributed by atoms with Gasteiger partial charge in [0.1, 0.15) is 6.61 Å². The van der Waals surface area contributed by atoms with Gasteiger partial charge in [-0.3, -0.25) is 14.9 Å². The monoisotopic (exact) mass is 472 g/mol. The number of carboxylic acids is 1. The summed E-state index contributed by atoms with van der Waals surface area (Å²) in [7, 11) is 0. The first kappa shape index (κ1) is 21.5. The van der Waals surface area contributed by atoms with Crippen molar-refractivity contribution in [2.24, 2.45) is 5.92 Å². The molecule has 1 aliphatic carbocycles. The molecule has 0 spiro atoms. The van der Waals surface area contributed by atoms with Crippen LogP contribution in [0.3, 0.4) is 0 Å². The van der Waals surface area contributed by atoms with E-state index < -0.39 is 23.9 Å². The number of aliphatic carboxylic acids is 1. The quantitative estimate of drug-likeness (QED) is 0.556. The van der Waals surface area contributed by atoms with E-state index >= 15 is 0 Å². The van der Waals surface area contributed by atoms with Gasteiger partial charge in [0.05, 0.1) is 17.9 Å². The number of amides is 2. The Labute approximate surface area is 201 Å². The highest BCUT2D eigenvalue weighted by atomic mass is 16.5. The summed E-state index contributed by atoms with van der Waals surface area (Å²) in [5, 5.41) is 12.1. The Morgan fingerprint density at radius 2 is 1.69 bits per heavy atom. The fourth-order valence-corrected chi connectivity index (χ4v) is 6.01. The number of nitrogens with zero attached hydrogens (tertiary/aromatic N) is 1. The van der Waals surface area contributed by atoms with Gasteiger partial charge in [-0.1, -0.05) is 48.5 Å². The summed E-state index contributed by atoms with van der Waals surface area (Å²) in [5.74, 6) is -1.94. The molecule has 0 saturated carbocycles. The molecule has 0 unspecified atom stereocenters. The van der Waals surface area contributed by atoms with Crippen molar-refractivity contribution in [2.45, 2.75) is 37.3 Å². The highest BCUT2D eigenvalue weighted by Gasteiger charge is 2.52.